The zero-order valence-electron chi connectivity index (χ0n) is 9.73. The maximum Gasteiger partial charge on any atom is 0.170 e. The molecule has 1 aromatic carbocycles. The number of carbonyl (C=O) groups excluding carboxylic acids is 1. The Morgan fingerprint density at radius 3 is 2.94 bits per heavy atom. The first-order valence-corrected chi connectivity index (χ1v) is 5.84. The molecule has 4 nitrogen and oxygen atoms in total. The topological polar surface area (TPSA) is 47.8 Å². The molecule has 0 N–H and O–H groups in total. The van der Waals surface area contributed by atoms with E-state index in [0.717, 1.165) is 0 Å². The van der Waals surface area contributed by atoms with E-state index in [4.69, 9.17) is 11.6 Å². The lowest BCUT2D eigenvalue weighted by Crippen LogP contribution is -2.10. The largest absolute Gasteiger partial charge is 0.294 e. The van der Waals surface area contributed by atoms with E-state index < -0.39 is 5.82 Å². The number of rotatable bonds is 4. The van der Waals surface area contributed by atoms with Crippen LogP contribution in [0.2, 0.25) is 5.02 Å². The molecule has 0 atom stereocenters. The van der Waals surface area contributed by atoms with Gasteiger partial charge in [-0.05, 0) is 25.1 Å². The first-order valence-electron chi connectivity index (χ1n) is 5.46. The Labute approximate surface area is 108 Å². The first-order chi connectivity index (χ1) is 8.61. The lowest BCUT2D eigenvalue weighted by molar-refractivity contribution is 0.0989. The summed E-state index contributed by atoms with van der Waals surface area (Å²) < 4.78 is 14.6. The molecule has 1 aromatic heterocycles. The third-order valence-electron chi connectivity index (χ3n) is 2.56. The molecular formula is C12H11ClFN3O. The van der Waals surface area contributed by atoms with Crippen molar-refractivity contribution in [2.45, 2.75) is 19.9 Å². The van der Waals surface area contributed by atoms with E-state index in [1.807, 2.05) is 6.92 Å². The van der Waals surface area contributed by atoms with Crippen LogP contribution in [0, 0.1) is 5.82 Å². The second kappa shape index (κ2) is 5.27. The lowest BCUT2D eigenvalue weighted by atomic mass is 10.1. The Morgan fingerprint density at radius 1 is 1.50 bits per heavy atom. The van der Waals surface area contributed by atoms with Crippen LogP contribution < -0.4 is 0 Å². The molecule has 0 bridgehead atoms. The molecule has 0 amide bonds. The van der Waals surface area contributed by atoms with Crippen molar-refractivity contribution < 1.29 is 9.18 Å². The van der Waals surface area contributed by atoms with Crippen molar-refractivity contribution in [3.05, 3.63) is 46.8 Å². The van der Waals surface area contributed by atoms with E-state index in [2.05, 4.69) is 10.1 Å². The summed E-state index contributed by atoms with van der Waals surface area (Å²) in [6.07, 6.45) is 1.53. The van der Waals surface area contributed by atoms with Crippen LogP contribution in [0.3, 0.4) is 0 Å². The number of aryl methyl sites for hydroxylation is 1. The predicted molar refractivity (Wildman–Crippen MR) is 65.1 cm³/mol. The van der Waals surface area contributed by atoms with Gasteiger partial charge in [-0.15, -0.1) is 0 Å². The van der Waals surface area contributed by atoms with Gasteiger partial charge in [0, 0.05) is 12.1 Å². The summed E-state index contributed by atoms with van der Waals surface area (Å²) >= 11 is 5.64. The highest BCUT2D eigenvalue weighted by Gasteiger charge is 2.13. The summed E-state index contributed by atoms with van der Waals surface area (Å²) in [4.78, 5) is 16.0. The van der Waals surface area contributed by atoms with Gasteiger partial charge in [-0.1, -0.05) is 11.6 Å². The molecule has 0 spiro atoms. The Kier molecular flexibility index (Phi) is 3.72. The van der Waals surface area contributed by atoms with Gasteiger partial charge >= 0.3 is 0 Å². The fourth-order valence-corrected chi connectivity index (χ4v) is 1.78. The smallest absolute Gasteiger partial charge is 0.170 e. The van der Waals surface area contributed by atoms with Crippen LogP contribution in [-0.4, -0.2) is 20.5 Å². The van der Waals surface area contributed by atoms with E-state index in [0.29, 0.717) is 17.9 Å². The summed E-state index contributed by atoms with van der Waals surface area (Å²) in [5.41, 5.74) is 0.368. The highest BCUT2D eigenvalue weighted by molar-refractivity contribution is 6.31. The quantitative estimate of drug-likeness (QED) is 0.800. The molecule has 0 saturated carbocycles. The minimum atomic E-state index is -0.537. The van der Waals surface area contributed by atoms with Gasteiger partial charge in [0.25, 0.3) is 0 Å². The van der Waals surface area contributed by atoms with Crippen molar-refractivity contribution in [1.82, 2.24) is 14.8 Å². The van der Waals surface area contributed by atoms with Gasteiger partial charge in [0.2, 0.25) is 0 Å². The number of nitrogens with zero attached hydrogens (tertiary/aromatic N) is 3. The zero-order valence-corrected chi connectivity index (χ0v) is 10.5. The fraction of sp³-hybridized carbons (Fsp3) is 0.250. The number of benzene rings is 1. The molecule has 0 radical (unpaired) electrons. The lowest BCUT2D eigenvalue weighted by Gasteiger charge is -2.03. The van der Waals surface area contributed by atoms with Crippen molar-refractivity contribution in [1.29, 1.82) is 0 Å². The van der Waals surface area contributed by atoms with Gasteiger partial charge < -0.3 is 0 Å². The number of aromatic nitrogens is 3. The van der Waals surface area contributed by atoms with Gasteiger partial charge in [-0.3, -0.25) is 4.79 Å². The predicted octanol–water partition coefficient (Wildman–Crippen LogP) is 2.52. The van der Waals surface area contributed by atoms with Crippen LogP contribution in [0.4, 0.5) is 4.39 Å². The van der Waals surface area contributed by atoms with E-state index in [-0.39, 0.29) is 17.2 Å². The minimum absolute atomic E-state index is 0.0576. The van der Waals surface area contributed by atoms with Crippen molar-refractivity contribution in [3.63, 3.8) is 0 Å². The van der Waals surface area contributed by atoms with Crippen LogP contribution in [0.5, 0.6) is 0 Å². The maximum atomic E-state index is 13.0. The minimum Gasteiger partial charge on any atom is -0.294 e. The molecule has 0 aliphatic carbocycles. The van der Waals surface area contributed by atoms with Crippen molar-refractivity contribution in [3.8, 4) is 0 Å². The zero-order chi connectivity index (χ0) is 13.1. The van der Waals surface area contributed by atoms with Crippen LogP contribution >= 0.6 is 11.6 Å². The molecule has 94 valence electrons. The third-order valence-corrected chi connectivity index (χ3v) is 2.85. The number of Topliss-reactive ketones (excluding diaryl/α,β-unsaturated/α-hetero) is 1. The SMILES string of the molecule is CCn1ncnc1CC(=O)c1ccc(F)c(Cl)c1. The monoisotopic (exact) mass is 267 g/mol. The van der Waals surface area contributed by atoms with Gasteiger partial charge in [0.05, 0.1) is 11.4 Å². The van der Waals surface area contributed by atoms with Gasteiger partial charge in [-0.2, -0.15) is 5.10 Å². The normalized spacial score (nSPS) is 10.6. The molecule has 18 heavy (non-hydrogen) atoms. The molecule has 2 aromatic rings. The second-order valence-corrected chi connectivity index (χ2v) is 4.13. The van der Waals surface area contributed by atoms with E-state index in [9.17, 15) is 9.18 Å². The summed E-state index contributed by atoms with van der Waals surface area (Å²) in [7, 11) is 0. The summed E-state index contributed by atoms with van der Waals surface area (Å²) in [5, 5.41) is 3.92. The number of carbonyl (C=O) groups is 1. The Morgan fingerprint density at radius 2 is 2.28 bits per heavy atom. The highest BCUT2D eigenvalue weighted by atomic mass is 35.5. The van der Waals surface area contributed by atoms with Crippen molar-refractivity contribution >= 4 is 17.4 Å². The Bertz CT molecular complexity index is 582. The van der Waals surface area contributed by atoms with Crippen LogP contribution in [0.25, 0.3) is 0 Å². The fourth-order valence-electron chi connectivity index (χ4n) is 1.60. The van der Waals surface area contributed by atoms with Crippen LogP contribution in [0.15, 0.2) is 24.5 Å². The van der Waals surface area contributed by atoms with Crippen LogP contribution in [-0.2, 0) is 13.0 Å². The number of hydrogen-bond donors (Lipinski definition) is 0. The van der Waals surface area contributed by atoms with Crippen molar-refractivity contribution in [2.75, 3.05) is 0 Å². The average molecular weight is 268 g/mol. The molecule has 0 saturated heterocycles. The molecule has 0 unspecified atom stereocenters. The highest BCUT2D eigenvalue weighted by Crippen LogP contribution is 2.17. The molecule has 0 aliphatic heterocycles. The second-order valence-electron chi connectivity index (χ2n) is 3.72. The summed E-state index contributed by atoms with van der Waals surface area (Å²) in [6, 6.07) is 3.92. The third kappa shape index (κ3) is 2.56. The summed E-state index contributed by atoms with van der Waals surface area (Å²) in [6.45, 7) is 2.56. The van der Waals surface area contributed by atoms with Gasteiger partial charge in [0.15, 0.2) is 5.78 Å². The maximum absolute atomic E-state index is 13.0. The summed E-state index contributed by atoms with van der Waals surface area (Å²) in [5.74, 6) is -0.118. The number of halogens is 2. The number of ketones is 1. The standard InChI is InChI=1S/C12H11ClFN3O/c1-2-17-12(15-7-16-17)6-11(18)8-3-4-10(14)9(13)5-8/h3-5,7H,2,6H2,1H3. The van der Waals surface area contributed by atoms with Gasteiger partial charge in [-0.25, -0.2) is 14.1 Å². The molecule has 1 heterocycles. The van der Waals surface area contributed by atoms with Crippen LogP contribution in [0.1, 0.15) is 23.1 Å². The average Bonchev–Trinajstić information content (AvgIpc) is 2.79. The van der Waals surface area contributed by atoms with E-state index >= 15 is 0 Å². The number of hydrogen-bond acceptors (Lipinski definition) is 3. The first kappa shape index (κ1) is 12.7. The van der Waals surface area contributed by atoms with Gasteiger partial charge in [0.1, 0.15) is 18.0 Å². The molecule has 0 fully saturated rings. The molecule has 2 rings (SSSR count). The van der Waals surface area contributed by atoms with E-state index in [1.165, 1.54) is 24.5 Å². The molecule has 0 aliphatic rings. The Hall–Kier alpha value is -1.75. The molecular weight excluding hydrogens is 257 g/mol. The Balaban J connectivity index is 2.19. The van der Waals surface area contributed by atoms with Crippen molar-refractivity contribution in [2.24, 2.45) is 0 Å². The van der Waals surface area contributed by atoms with E-state index in [1.54, 1.807) is 4.68 Å². The molecule has 6 heteroatoms.